The molecule has 0 aromatic carbocycles. The molecular weight excluding hydrogens is 330 g/mol. The summed E-state index contributed by atoms with van der Waals surface area (Å²) >= 11 is 0. The number of likely N-dealkylation sites (tertiary alicyclic amines) is 1. The van der Waals surface area contributed by atoms with Crippen LogP contribution in [-0.4, -0.2) is 46.2 Å². The summed E-state index contributed by atoms with van der Waals surface area (Å²) in [5, 5.41) is 5.70. The summed E-state index contributed by atoms with van der Waals surface area (Å²) < 4.78 is 75.2. The SMILES string of the molecule is O=C(Nc1cnn(CC(F)(F)F)c1)N1CCC[C@H](C(F)(F)F)C1. The number of hydrogen-bond acceptors (Lipinski definition) is 2. The van der Waals surface area contributed by atoms with Crippen LogP contribution in [-0.2, 0) is 6.54 Å². The molecule has 1 saturated heterocycles. The molecule has 1 atom stereocenters. The highest BCUT2D eigenvalue weighted by molar-refractivity contribution is 5.89. The molecule has 0 spiro atoms. The molecule has 0 radical (unpaired) electrons. The number of aromatic nitrogens is 2. The van der Waals surface area contributed by atoms with Gasteiger partial charge in [-0.2, -0.15) is 31.4 Å². The van der Waals surface area contributed by atoms with Gasteiger partial charge in [-0.05, 0) is 12.8 Å². The third kappa shape index (κ3) is 5.03. The van der Waals surface area contributed by atoms with Gasteiger partial charge in [0.1, 0.15) is 6.54 Å². The summed E-state index contributed by atoms with van der Waals surface area (Å²) in [5.74, 6) is -1.59. The van der Waals surface area contributed by atoms with Crippen molar-refractivity contribution in [3.8, 4) is 0 Å². The van der Waals surface area contributed by atoms with E-state index in [0.717, 1.165) is 17.3 Å². The molecule has 23 heavy (non-hydrogen) atoms. The second kappa shape index (κ2) is 6.28. The molecule has 11 heteroatoms. The molecular formula is C12H14F6N4O. The molecule has 0 bridgehead atoms. The molecule has 1 N–H and O–H groups in total. The number of piperidine rings is 1. The van der Waals surface area contributed by atoms with E-state index in [0.29, 0.717) is 4.68 Å². The first-order valence-electron chi connectivity index (χ1n) is 6.76. The number of rotatable bonds is 2. The normalized spacial score (nSPS) is 19.7. The van der Waals surface area contributed by atoms with Crippen LogP contribution in [0.25, 0.3) is 0 Å². The minimum absolute atomic E-state index is 0.00613. The van der Waals surface area contributed by atoms with Crippen LogP contribution in [0, 0.1) is 5.92 Å². The highest BCUT2D eigenvalue weighted by Crippen LogP contribution is 2.33. The average molecular weight is 344 g/mol. The fourth-order valence-electron chi connectivity index (χ4n) is 2.33. The summed E-state index contributed by atoms with van der Waals surface area (Å²) in [6.45, 7) is -1.62. The number of urea groups is 1. The zero-order chi connectivity index (χ0) is 17.3. The Bertz CT molecular complexity index is 552. The largest absolute Gasteiger partial charge is 0.408 e. The van der Waals surface area contributed by atoms with E-state index < -0.39 is 37.4 Å². The maximum Gasteiger partial charge on any atom is 0.408 e. The van der Waals surface area contributed by atoms with Crippen molar-refractivity contribution in [2.24, 2.45) is 5.92 Å². The fourth-order valence-corrected chi connectivity index (χ4v) is 2.33. The van der Waals surface area contributed by atoms with Gasteiger partial charge in [-0.15, -0.1) is 0 Å². The van der Waals surface area contributed by atoms with Crippen LogP contribution < -0.4 is 5.32 Å². The molecule has 1 aromatic rings. The van der Waals surface area contributed by atoms with Crippen molar-refractivity contribution < 1.29 is 31.1 Å². The number of amides is 2. The smallest absolute Gasteiger partial charge is 0.324 e. The Hall–Kier alpha value is -1.94. The third-order valence-corrected chi connectivity index (χ3v) is 3.40. The zero-order valence-corrected chi connectivity index (χ0v) is 11.8. The monoisotopic (exact) mass is 344 g/mol. The number of anilines is 1. The van der Waals surface area contributed by atoms with Crippen LogP contribution >= 0.6 is 0 Å². The maximum absolute atomic E-state index is 12.7. The second-order valence-electron chi connectivity index (χ2n) is 5.30. The first kappa shape index (κ1) is 17.4. The standard InChI is InChI=1S/C12H14F6N4O/c13-11(14,15)7-22-6-9(4-19-22)20-10(23)21-3-1-2-8(5-21)12(16,17)18/h4,6,8H,1-3,5,7H2,(H,20,23)/t8-/m0/s1. The van der Waals surface area contributed by atoms with Crippen LogP contribution in [0.15, 0.2) is 12.4 Å². The first-order chi connectivity index (χ1) is 10.5. The Kier molecular flexibility index (Phi) is 4.76. The maximum atomic E-state index is 12.7. The van der Waals surface area contributed by atoms with Crippen LogP contribution in [0.1, 0.15) is 12.8 Å². The molecule has 2 heterocycles. The summed E-state index contributed by atoms with van der Waals surface area (Å²) in [5.41, 5.74) is -0.00613. The third-order valence-electron chi connectivity index (χ3n) is 3.40. The molecule has 1 aromatic heterocycles. The van der Waals surface area contributed by atoms with Gasteiger partial charge in [-0.25, -0.2) is 4.79 Å². The van der Waals surface area contributed by atoms with E-state index in [9.17, 15) is 31.1 Å². The van der Waals surface area contributed by atoms with Gasteiger partial charge in [-0.3, -0.25) is 4.68 Å². The van der Waals surface area contributed by atoms with E-state index in [1.54, 1.807) is 0 Å². The van der Waals surface area contributed by atoms with E-state index in [4.69, 9.17) is 0 Å². The Morgan fingerprint density at radius 3 is 2.61 bits per heavy atom. The highest BCUT2D eigenvalue weighted by Gasteiger charge is 2.42. The number of alkyl halides is 6. The van der Waals surface area contributed by atoms with E-state index in [1.807, 2.05) is 0 Å². The lowest BCUT2D eigenvalue weighted by Crippen LogP contribution is -2.46. The summed E-state index contributed by atoms with van der Waals surface area (Å²) in [4.78, 5) is 12.9. The quantitative estimate of drug-likeness (QED) is 0.838. The number of carbonyl (C=O) groups is 1. The molecule has 1 fully saturated rings. The van der Waals surface area contributed by atoms with Crippen LogP contribution in [0.5, 0.6) is 0 Å². The Labute approximate surface area is 127 Å². The first-order valence-corrected chi connectivity index (χ1v) is 6.76. The van der Waals surface area contributed by atoms with Gasteiger partial charge >= 0.3 is 18.4 Å². The number of nitrogens with one attached hydrogen (secondary N) is 1. The second-order valence-corrected chi connectivity index (χ2v) is 5.30. The minimum Gasteiger partial charge on any atom is -0.324 e. The summed E-state index contributed by atoms with van der Waals surface area (Å²) in [6.07, 6.45) is -6.69. The Morgan fingerprint density at radius 2 is 2.00 bits per heavy atom. The van der Waals surface area contributed by atoms with Gasteiger partial charge in [-0.1, -0.05) is 0 Å². The lowest BCUT2D eigenvalue weighted by atomic mass is 9.98. The van der Waals surface area contributed by atoms with Gasteiger partial charge in [0.25, 0.3) is 0 Å². The van der Waals surface area contributed by atoms with Crippen molar-refractivity contribution in [2.75, 3.05) is 18.4 Å². The fraction of sp³-hybridized carbons (Fsp3) is 0.667. The van der Waals surface area contributed by atoms with Crippen LogP contribution in [0.2, 0.25) is 0 Å². The Morgan fingerprint density at radius 1 is 1.30 bits per heavy atom. The molecule has 5 nitrogen and oxygen atoms in total. The number of hydrogen-bond donors (Lipinski definition) is 1. The van der Waals surface area contributed by atoms with Crippen molar-refractivity contribution in [2.45, 2.75) is 31.7 Å². The van der Waals surface area contributed by atoms with Crippen molar-refractivity contribution in [1.29, 1.82) is 0 Å². The minimum atomic E-state index is -4.46. The molecule has 130 valence electrons. The number of nitrogens with zero attached hydrogens (tertiary/aromatic N) is 3. The molecule has 2 amide bonds. The van der Waals surface area contributed by atoms with E-state index >= 15 is 0 Å². The van der Waals surface area contributed by atoms with Gasteiger partial charge in [0.05, 0.1) is 17.8 Å². The van der Waals surface area contributed by atoms with Crippen molar-refractivity contribution in [3.05, 3.63) is 12.4 Å². The lowest BCUT2D eigenvalue weighted by Gasteiger charge is -2.33. The number of carbonyl (C=O) groups excluding carboxylic acids is 1. The van der Waals surface area contributed by atoms with Crippen molar-refractivity contribution in [3.63, 3.8) is 0 Å². The molecule has 1 aliphatic rings. The van der Waals surface area contributed by atoms with Gasteiger partial charge in [0.15, 0.2) is 0 Å². The van der Waals surface area contributed by atoms with E-state index in [-0.39, 0.29) is 25.1 Å². The Balaban J connectivity index is 1.94. The summed E-state index contributed by atoms with van der Waals surface area (Å²) in [6, 6.07) is -0.787. The van der Waals surface area contributed by atoms with E-state index in [2.05, 4.69) is 10.4 Å². The predicted octanol–water partition coefficient (Wildman–Crippen LogP) is 3.25. The van der Waals surface area contributed by atoms with Crippen molar-refractivity contribution in [1.82, 2.24) is 14.7 Å². The topological polar surface area (TPSA) is 50.2 Å². The van der Waals surface area contributed by atoms with Crippen molar-refractivity contribution >= 4 is 11.7 Å². The predicted molar refractivity (Wildman–Crippen MR) is 67.7 cm³/mol. The van der Waals surface area contributed by atoms with Gasteiger partial charge in [0, 0.05) is 19.3 Å². The zero-order valence-electron chi connectivity index (χ0n) is 11.8. The van der Waals surface area contributed by atoms with Crippen LogP contribution in [0.4, 0.5) is 36.8 Å². The van der Waals surface area contributed by atoms with Gasteiger partial charge in [0.2, 0.25) is 0 Å². The number of halogens is 6. The highest BCUT2D eigenvalue weighted by atomic mass is 19.4. The van der Waals surface area contributed by atoms with E-state index in [1.165, 1.54) is 0 Å². The molecule has 0 saturated carbocycles. The molecule has 0 aliphatic carbocycles. The van der Waals surface area contributed by atoms with Crippen LogP contribution in [0.3, 0.4) is 0 Å². The average Bonchev–Trinajstić information content (AvgIpc) is 2.82. The summed E-state index contributed by atoms with van der Waals surface area (Å²) in [7, 11) is 0. The molecule has 0 unspecified atom stereocenters. The van der Waals surface area contributed by atoms with Gasteiger partial charge < -0.3 is 10.2 Å². The molecule has 1 aliphatic heterocycles. The lowest BCUT2D eigenvalue weighted by molar-refractivity contribution is -0.183. The molecule has 2 rings (SSSR count).